The van der Waals surface area contributed by atoms with Crippen molar-refractivity contribution in [2.45, 2.75) is 51.0 Å². The summed E-state index contributed by atoms with van der Waals surface area (Å²) >= 11 is 5.96. The van der Waals surface area contributed by atoms with Crippen molar-refractivity contribution >= 4 is 17.6 Å². The molecule has 0 amide bonds. The molecular weight excluding hydrogens is 328 g/mol. The summed E-state index contributed by atoms with van der Waals surface area (Å²) in [6.45, 7) is 4.27. The van der Waals surface area contributed by atoms with E-state index in [4.69, 9.17) is 25.8 Å². The molecule has 4 nitrogen and oxygen atoms in total. The summed E-state index contributed by atoms with van der Waals surface area (Å²) in [6.07, 6.45) is 5.75. The number of carbonyl (C=O) groups excluding carboxylic acids is 1. The molecule has 1 saturated heterocycles. The number of epoxide rings is 1. The molecule has 0 N–H and O–H groups in total. The second-order valence-corrected chi connectivity index (χ2v) is 6.60. The van der Waals surface area contributed by atoms with Crippen molar-refractivity contribution in [3.63, 3.8) is 0 Å². The van der Waals surface area contributed by atoms with E-state index in [0.717, 1.165) is 56.8 Å². The van der Waals surface area contributed by atoms with Gasteiger partial charge in [0.1, 0.15) is 0 Å². The van der Waals surface area contributed by atoms with Crippen LogP contribution in [-0.2, 0) is 25.4 Å². The van der Waals surface area contributed by atoms with Crippen LogP contribution in [0.2, 0.25) is 5.02 Å². The molecule has 0 aliphatic carbocycles. The Morgan fingerprint density at radius 2 is 2.04 bits per heavy atom. The lowest BCUT2D eigenvalue weighted by molar-refractivity contribution is -0.149. The van der Waals surface area contributed by atoms with Crippen LogP contribution in [0.4, 0.5) is 0 Å². The Labute approximate surface area is 149 Å². The molecule has 2 rings (SSSR count). The van der Waals surface area contributed by atoms with Crippen molar-refractivity contribution in [2.75, 3.05) is 26.4 Å². The van der Waals surface area contributed by atoms with Crippen LogP contribution in [0, 0.1) is 0 Å². The van der Waals surface area contributed by atoms with Gasteiger partial charge >= 0.3 is 5.97 Å². The first-order chi connectivity index (χ1) is 11.7. The van der Waals surface area contributed by atoms with Gasteiger partial charge in [0.25, 0.3) is 0 Å². The summed E-state index contributed by atoms with van der Waals surface area (Å²) in [5, 5.41) is 0.786. The highest BCUT2D eigenvalue weighted by Crippen LogP contribution is 2.34. The van der Waals surface area contributed by atoms with E-state index in [1.165, 1.54) is 5.56 Å². The third-order valence-corrected chi connectivity index (χ3v) is 4.39. The Balaban J connectivity index is 1.44. The van der Waals surface area contributed by atoms with E-state index in [1.54, 1.807) is 0 Å². The van der Waals surface area contributed by atoms with Crippen molar-refractivity contribution in [3.8, 4) is 0 Å². The van der Waals surface area contributed by atoms with Gasteiger partial charge in [-0.05, 0) is 56.7 Å². The predicted molar refractivity (Wildman–Crippen MR) is 94.4 cm³/mol. The summed E-state index contributed by atoms with van der Waals surface area (Å²) in [5.74, 6) is -0.206. The number of esters is 1. The number of rotatable bonds is 12. The molecule has 1 aliphatic heterocycles. The molecular formula is C19H27ClO4. The van der Waals surface area contributed by atoms with Crippen molar-refractivity contribution in [2.24, 2.45) is 0 Å². The Morgan fingerprint density at radius 3 is 2.75 bits per heavy atom. The first-order valence-electron chi connectivity index (χ1n) is 8.80. The SMILES string of the molecule is CCOC(=O)C1(CCCCCOCCCc2cccc(Cl)c2)CO1. The maximum absolute atomic E-state index is 11.7. The van der Waals surface area contributed by atoms with Gasteiger partial charge in [0.2, 0.25) is 0 Å². The Morgan fingerprint density at radius 1 is 1.25 bits per heavy atom. The van der Waals surface area contributed by atoms with E-state index in [9.17, 15) is 4.79 Å². The molecule has 0 bridgehead atoms. The molecule has 5 heteroatoms. The molecule has 1 aliphatic rings. The van der Waals surface area contributed by atoms with Crippen LogP contribution >= 0.6 is 11.6 Å². The number of benzene rings is 1. The van der Waals surface area contributed by atoms with Gasteiger partial charge in [-0.15, -0.1) is 0 Å². The van der Waals surface area contributed by atoms with E-state index in [1.807, 2.05) is 25.1 Å². The normalized spacial score (nSPS) is 19.2. The summed E-state index contributed by atoms with van der Waals surface area (Å²) in [6, 6.07) is 7.96. The number of unbranched alkanes of at least 4 members (excludes halogenated alkanes) is 2. The largest absolute Gasteiger partial charge is 0.464 e. The Bertz CT molecular complexity index is 514. The number of hydrogen-bond acceptors (Lipinski definition) is 4. The number of hydrogen-bond donors (Lipinski definition) is 0. The predicted octanol–water partition coefficient (Wildman–Crippen LogP) is 4.18. The molecule has 1 atom stereocenters. The third kappa shape index (κ3) is 6.42. The molecule has 134 valence electrons. The first-order valence-corrected chi connectivity index (χ1v) is 9.17. The highest BCUT2D eigenvalue weighted by atomic mass is 35.5. The maximum Gasteiger partial charge on any atom is 0.340 e. The van der Waals surface area contributed by atoms with Crippen molar-refractivity contribution in [1.82, 2.24) is 0 Å². The minimum absolute atomic E-state index is 0.206. The van der Waals surface area contributed by atoms with E-state index < -0.39 is 5.60 Å². The van der Waals surface area contributed by atoms with Gasteiger partial charge in [-0.2, -0.15) is 0 Å². The van der Waals surface area contributed by atoms with Crippen molar-refractivity contribution in [1.29, 1.82) is 0 Å². The fourth-order valence-corrected chi connectivity index (χ4v) is 2.89. The molecule has 0 saturated carbocycles. The minimum Gasteiger partial charge on any atom is -0.464 e. The van der Waals surface area contributed by atoms with Crippen LogP contribution in [0.3, 0.4) is 0 Å². The van der Waals surface area contributed by atoms with Crippen LogP contribution in [0.15, 0.2) is 24.3 Å². The van der Waals surface area contributed by atoms with E-state index in [0.29, 0.717) is 13.2 Å². The monoisotopic (exact) mass is 354 g/mol. The number of aryl methyl sites for hydroxylation is 1. The fourth-order valence-electron chi connectivity index (χ4n) is 2.68. The smallest absolute Gasteiger partial charge is 0.340 e. The maximum atomic E-state index is 11.7. The van der Waals surface area contributed by atoms with E-state index in [2.05, 4.69) is 6.07 Å². The summed E-state index contributed by atoms with van der Waals surface area (Å²) in [5.41, 5.74) is 0.619. The molecule has 1 aromatic carbocycles. The van der Waals surface area contributed by atoms with Crippen LogP contribution in [0.25, 0.3) is 0 Å². The van der Waals surface area contributed by atoms with Gasteiger partial charge < -0.3 is 14.2 Å². The highest BCUT2D eigenvalue weighted by Gasteiger charge is 2.52. The lowest BCUT2D eigenvalue weighted by atomic mass is 10.0. The molecule has 1 heterocycles. The Kier molecular flexibility index (Phi) is 8.03. The van der Waals surface area contributed by atoms with E-state index >= 15 is 0 Å². The molecule has 0 aromatic heterocycles. The van der Waals surface area contributed by atoms with Crippen molar-refractivity contribution < 1.29 is 19.0 Å². The van der Waals surface area contributed by atoms with E-state index in [-0.39, 0.29) is 5.97 Å². The van der Waals surface area contributed by atoms with Crippen molar-refractivity contribution in [3.05, 3.63) is 34.9 Å². The Hall–Kier alpha value is -1.10. The van der Waals surface area contributed by atoms with Gasteiger partial charge in [0.05, 0.1) is 13.2 Å². The zero-order chi connectivity index (χ0) is 17.3. The standard InChI is InChI=1S/C19H27ClO4/c1-2-23-18(21)19(15-24-19)11-4-3-5-12-22-13-7-9-16-8-6-10-17(20)14-16/h6,8,10,14H,2-5,7,9,11-13,15H2,1H3. The molecule has 1 fully saturated rings. The first kappa shape index (κ1) is 19.2. The topological polar surface area (TPSA) is 48.1 Å². The van der Waals surface area contributed by atoms with Gasteiger partial charge in [0.15, 0.2) is 5.60 Å². The average molecular weight is 355 g/mol. The molecule has 24 heavy (non-hydrogen) atoms. The lowest BCUT2D eigenvalue weighted by Gasteiger charge is -2.10. The van der Waals surface area contributed by atoms with Gasteiger partial charge in [-0.25, -0.2) is 4.79 Å². The average Bonchev–Trinajstić information content (AvgIpc) is 3.35. The molecule has 1 aromatic rings. The quantitative estimate of drug-likeness (QED) is 0.321. The second-order valence-electron chi connectivity index (χ2n) is 6.16. The number of ether oxygens (including phenoxy) is 3. The fraction of sp³-hybridized carbons (Fsp3) is 0.632. The lowest BCUT2D eigenvalue weighted by Crippen LogP contribution is -2.27. The van der Waals surface area contributed by atoms with Crippen LogP contribution < -0.4 is 0 Å². The van der Waals surface area contributed by atoms with Gasteiger partial charge in [0, 0.05) is 18.2 Å². The summed E-state index contributed by atoms with van der Waals surface area (Å²) in [4.78, 5) is 11.7. The zero-order valence-corrected chi connectivity index (χ0v) is 15.1. The minimum atomic E-state index is -0.631. The van der Waals surface area contributed by atoms with Gasteiger partial charge in [-0.1, -0.05) is 30.2 Å². The van der Waals surface area contributed by atoms with Crippen LogP contribution in [0.5, 0.6) is 0 Å². The summed E-state index contributed by atoms with van der Waals surface area (Å²) in [7, 11) is 0. The molecule has 1 unspecified atom stereocenters. The number of halogens is 1. The second kappa shape index (κ2) is 10.0. The number of carbonyl (C=O) groups is 1. The zero-order valence-electron chi connectivity index (χ0n) is 14.4. The molecule has 0 radical (unpaired) electrons. The summed E-state index contributed by atoms with van der Waals surface area (Å²) < 4.78 is 16.0. The highest BCUT2D eigenvalue weighted by molar-refractivity contribution is 6.30. The van der Waals surface area contributed by atoms with Crippen LogP contribution in [-0.4, -0.2) is 38.0 Å². The molecule has 0 spiro atoms. The van der Waals surface area contributed by atoms with Gasteiger partial charge in [-0.3, -0.25) is 0 Å². The third-order valence-electron chi connectivity index (χ3n) is 4.15. The van der Waals surface area contributed by atoms with Crippen LogP contribution in [0.1, 0.15) is 44.6 Å².